The van der Waals surface area contributed by atoms with Crippen LogP contribution in [0.3, 0.4) is 0 Å². The van der Waals surface area contributed by atoms with Gasteiger partial charge in [-0.25, -0.2) is 4.79 Å². The van der Waals surface area contributed by atoms with Crippen molar-refractivity contribution in [1.82, 2.24) is 15.1 Å². The maximum Gasteiger partial charge on any atom is 0.321 e. The molecule has 0 saturated carbocycles. The van der Waals surface area contributed by atoms with E-state index in [1.54, 1.807) is 29.2 Å². The van der Waals surface area contributed by atoms with Crippen molar-refractivity contribution in [2.45, 2.75) is 36.3 Å². The summed E-state index contributed by atoms with van der Waals surface area (Å²) < 4.78 is 12.8. The maximum absolute atomic E-state index is 13.3. The molecule has 7 nitrogen and oxygen atoms in total. The number of carbonyl (C=O) groups excluding carboxylic acids is 1. The van der Waals surface area contributed by atoms with E-state index in [4.69, 9.17) is 0 Å². The SMILES string of the molecule is CC(C)(C1CCN(C(=O)Nc2ccnnc2)CC1)S(=O)c1ccccc1C#N. The fourth-order valence-corrected chi connectivity index (χ4v) is 5.12. The monoisotopic (exact) mass is 397 g/mol. The average molecular weight is 398 g/mol. The van der Waals surface area contributed by atoms with Gasteiger partial charge in [0.25, 0.3) is 0 Å². The molecule has 8 heteroatoms. The lowest BCUT2D eigenvalue weighted by atomic mass is 9.86. The van der Waals surface area contributed by atoms with Crippen molar-refractivity contribution in [2.24, 2.45) is 5.92 Å². The lowest BCUT2D eigenvalue weighted by Crippen LogP contribution is -2.47. The second kappa shape index (κ2) is 8.48. The van der Waals surface area contributed by atoms with Crippen molar-refractivity contribution in [3.8, 4) is 6.07 Å². The van der Waals surface area contributed by atoms with Crippen LogP contribution in [0.25, 0.3) is 0 Å². The van der Waals surface area contributed by atoms with E-state index in [0.29, 0.717) is 29.2 Å². The molecule has 2 amide bonds. The van der Waals surface area contributed by atoms with Crippen molar-refractivity contribution in [2.75, 3.05) is 18.4 Å². The van der Waals surface area contributed by atoms with Crippen molar-refractivity contribution < 1.29 is 9.00 Å². The van der Waals surface area contributed by atoms with Crippen molar-refractivity contribution in [1.29, 1.82) is 5.26 Å². The van der Waals surface area contributed by atoms with Crippen LogP contribution in [0.1, 0.15) is 32.3 Å². The van der Waals surface area contributed by atoms with E-state index in [-0.39, 0.29) is 11.9 Å². The van der Waals surface area contributed by atoms with E-state index in [1.807, 2.05) is 19.9 Å². The number of anilines is 1. The highest BCUT2D eigenvalue weighted by molar-refractivity contribution is 7.86. The first-order chi connectivity index (χ1) is 13.4. The second-order valence-corrected chi connectivity index (χ2v) is 9.33. The molecule has 1 saturated heterocycles. The van der Waals surface area contributed by atoms with Gasteiger partial charge in [-0.1, -0.05) is 12.1 Å². The van der Waals surface area contributed by atoms with Gasteiger partial charge in [0.1, 0.15) is 6.07 Å². The molecular weight excluding hydrogens is 374 g/mol. The molecule has 0 bridgehead atoms. The molecule has 1 fully saturated rings. The zero-order valence-electron chi connectivity index (χ0n) is 16.0. The molecule has 1 atom stereocenters. The van der Waals surface area contributed by atoms with Gasteiger partial charge in [0.2, 0.25) is 0 Å². The molecule has 1 N–H and O–H groups in total. The third-order valence-electron chi connectivity index (χ3n) is 5.29. The highest BCUT2D eigenvalue weighted by Gasteiger charge is 2.39. The number of nitrogens with one attached hydrogen (secondary N) is 1. The Bertz CT molecular complexity index is 902. The maximum atomic E-state index is 13.3. The summed E-state index contributed by atoms with van der Waals surface area (Å²) in [4.78, 5) is 14.8. The minimum atomic E-state index is -1.31. The summed E-state index contributed by atoms with van der Waals surface area (Å²) >= 11 is 0. The number of hydrogen-bond acceptors (Lipinski definition) is 5. The van der Waals surface area contributed by atoms with E-state index >= 15 is 0 Å². The van der Waals surface area contributed by atoms with Gasteiger partial charge in [-0.15, -0.1) is 0 Å². The fourth-order valence-electron chi connectivity index (χ4n) is 3.50. The summed E-state index contributed by atoms with van der Waals surface area (Å²) in [6, 6.07) is 10.7. The molecule has 1 aromatic heterocycles. The minimum absolute atomic E-state index is 0.166. The predicted molar refractivity (Wildman–Crippen MR) is 107 cm³/mol. The molecule has 146 valence electrons. The van der Waals surface area contributed by atoms with E-state index in [2.05, 4.69) is 21.6 Å². The summed E-state index contributed by atoms with van der Waals surface area (Å²) in [7, 11) is -1.31. The Morgan fingerprint density at radius 1 is 1.25 bits per heavy atom. The Labute approximate surface area is 167 Å². The molecular formula is C20H23N5O2S. The van der Waals surface area contributed by atoms with Gasteiger partial charge in [-0.2, -0.15) is 15.5 Å². The van der Waals surface area contributed by atoms with Gasteiger partial charge in [0, 0.05) is 17.8 Å². The number of carbonyl (C=O) groups is 1. The van der Waals surface area contributed by atoms with Gasteiger partial charge < -0.3 is 10.2 Å². The number of likely N-dealkylation sites (tertiary alicyclic amines) is 1. The van der Waals surface area contributed by atoms with Gasteiger partial charge in [-0.05, 0) is 50.8 Å². The number of benzene rings is 1. The lowest BCUT2D eigenvalue weighted by Gasteiger charge is -2.40. The van der Waals surface area contributed by atoms with Gasteiger partial charge >= 0.3 is 6.03 Å². The van der Waals surface area contributed by atoms with Crippen LogP contribution in [0.15, 0.2) is 47.6 Å². The summed E-state index contributed by atoms with van der Waals surface area (Å²) in [5.74, 6) is 0.187. The van der Waals surface area contributed by atoms with Crippen LogP contribution in [0.5, 0.6) is 0 Å². The molecule has 2 heterocycles. The largest absolute Gasteiger partial charge is 0.325 e. The van der Waals surface area contributed by atoms with E-state index < -0.39 is 15.5 Å². The third-order valence-corrected chi connectivity index (χ3v) is 7.33. The first-order valence-electron chi connectivity index (χ1n) is 9.17. The zero-order valence-corrected chi connectivity index (χ0v) is 16.8. The van der Waals surface area contributed by atoms with Crippen molar-refractivity contribution >= 4 is 22.5 Å². The third kappa shape index (κ3) is 4.20. The number of nitriles is 1. The average Bonchev–Trinajstić information content (AvgIpc) is 2.74. The van der Waals surface area contributed by atoms with Crippen LogP contribution in [0, 0.1) is 17.2 Å². The standard InChI is InChI=1S/C20H23N5O2S/c1-20(2,28(27)18-6-4-3-5-15(18)13-21)16-8-11-25(12-9-16)19(26)24-17-7-10-22-23-14-17/h3-7,10,14,16H,8-9,11-12H2,1-2H3,(H,22,24,26). The van der Waals surface area contributed by atoms with Gasteiger partial charge in [-0.3, -0.25) is 4.21 Å². The first-order valence-corrected chi connectivity index (χ1v) is 10.3. The molecule has 0 aliphatic carbocycles. The number of urea groups is 1. The van der Waals surface area contributed by atoms with Crippen LogP contribution in [-0.4, -0.2) is 43.2 Å². The topological polar surface area (TPSA) is 99.0 Å². The van der Waals surface area contributed by atoms with Crippen LogP contribution < -0.4 is 5.32 Å². The van der Waals surface area contributed by atoms with E-state index in [0.717, 1.165) is 12.8 Å². The Kier molecular flexibility index (Phi) is 6.05. The van der Waals surface area contributed by atoms with Crippen LogP contribution in [0.2, 0.25) is 0 Å². The lowest BCUT2D eigenvalue weighted by molar-refractivity contribution is 0.172. The number of piperidine rings is 1. The summed E-state index contributed by atoms with van der Waals surface area (Å²) in [6.45, 7) is 5.16. The molecule has 1 aliphatic heterocycles. The molecule has 2 aromatic rings. The number of hydrogen-bond donors (Lipinski definition) is 1. The first kappa shape index (κ1) is 20.0. The minimum Gasteiger partial charge on any atom is -0.325 e. The molecule has 28 heavy (non-hydrogen) atoms. The predicted octanol–water partition coefficient (Wildman–Crippen LogP) is 3.18. The summed E-state index contributed by atoms with van der Waals surface area (Å²) in [6.07, 6.45) is 4.55. The molecule has 0 spiro atoms. The second-order valence-electron chi connectivity index (χ2n) is 7.30. The van der Waals surface area contributed by atoms with Crippen LogP contribution >= 0.6 is 0 Å². The fraction of sp³-hybridized carbons (Fsp3) is 0.400. The summed E-state index contributed by atoms with van der Waals surface area (Å²) in [5.41, 5.74) is 1.06. The zero-order chi connectivity index (χ0) is 20.1. The van der Waals surface area contributed by atoms with Crippen molar-refractivity contribution in [3.05, 3.63) is 48.3 Å². The van der Waals surface area contributed by atoms with Crippen molar-refractivity contribution in [3.63, 3.8) is 0 Å². The smallest absolute Gasteiger partial charge is 0.321 e. The Morgan fingerprint density at radius 3 is 2.61 bits per heavy atom. The van der Waals surface area contributed by atoms with Gasteiger partial charge in [0.05, 0.1) is 39.3 Å². The van der Waals surface area contributed by atoms with Crippen LogP contribution in [0.4, 0.5) is 10.5 Å². The number of nitrogens with zero attached hydrogens (tertiary/aromatic N) is 4. The van der Waals surface area contributed by atoms with Gasteiger partial charge in [0.15, 0.2) is 0 Å². The Balaban J connectivity index is 1.64. The number of rotatable bonds is 4. The molecule has 1 aromatic carbocycles. The van der Waals surface area contributed by atoms with E-state index in [1.165, 1.54) is 12.4 Å². The quantitative estimate of drug-likeness (QED) is 0.854. The molecule has 0 radical (unpaired) electrons. The highest BCUT2D eigenvalue weighted by Crippen LogP contribution is 2.36. The molecule has 1 unspecified atom stereocenters. The van der Waals surface area contributed by atoms with Crippen LogP contribution in [-0.2, 0) is 10.8 Å². The molecule has 3 rings (SSSR count). The highest BCUT2D eigenvalue weighted by atomic mass is 32.2. The van der Waals surface area contributed by atoms with E-state index in [9.17, 15) is 14.3 Å². The number of aromatic nitrogens is 2. The number of amides is 2. The Morgan fingerprint density at radius 2 is 1.96 bits per heavy atom. The summed E-state index contributed by atoms with van der Waals surface area (Å²) in [5, 5.41) is 19.6. The normalized spacial score (nSPS) is 16.2. The Hall–Kier alpha value is -2.79. The molecule has 1 aliphatic rings.